The van der Waals surface area contributed by atoms with E-state index in [1.807, 2.05) is 61.5 Å². The van der Waals surface area contributed by atoms with Gasteiger partial charge >= 0.3 is 5.97 Å². The number of benzene rings is 2. The van der Waals surface area contributed by atoms with Crippen LogP contribution in [0.2, 0.25) is 0 Å². The van der Waals surface area contributed by atoms with Gasteiger partial charge in [-0.3, -0.25) is 4.79 Å². The van der Waals surface area contributed by atoms with Crippen LogP contribution >= 0.6 is 0 Å². The fourth-order valence-corrected chi connectivity index (χ4v) is 2.69. The first-order chi connectivity index (χ1) is 10.6. The molecular weight excluding hydrogens is 288 g/mol. The van der Waals surface area contributed by atoms with Crippen molar-refractivity contribution < 1.29 is 9.53 Å². The first-order valence-electron chi connectivity index (χ1n) is 7.01. The van der Waals surface area contributed by atoms with Gasteiger partial charge in [0.1, 0.15) is 10.2 Å². The van der Waals surface area contributed by atoms with Crippen LogP contribution in [0.1, 0.15) is 16.7 Å². The molecule has 0 aliphatic carbocycles. The van der Waals surface area contributed by atoms with E-state index in [1.54, 1.807) is 0 Å². The van der Waals surface area contributed by atoms with E-state index in [4.69, 9.17) is 4.74 Å². The monoisotopic (exact) mass is 305 g/mol. The van der Waals surface area contributed by atoms with Gasteiger partial charge in [-0.05, 0) is 18.1 Å². The molecule has 2 aromatic carbocycles. The van der Waals surface area contributed by atoms with Gasteiger partial charge in [-0.25, -0.2) is 0 Å². The Kier molecular flexibility index (Phi) is 5.19. The van der Waals surface area contributed by atoms with Crippen LogP contribution in [0.3, 0.4) is 0 Å². The van der Waals surface area contributed by atoms with Gasteiger partial charge in [0.05, 0.1) is 7.11 Å². The number of esters is 1. The minimum Gasteiger partial charge on any atom is -0.468 e. The molecule has 0 aliphatic heterocycles. The molecule has 22 heavy (non-hydrogen) atoms. The van der Waals surface area contributed by atoms with Gasteiger partial charge in [-0.1, -0.05) is 66.1 Å². The van der Waals surface area contributed by atoms with Gasteiger partial charge in [-0.15, -0.1) is 5.54 Å². The first kappa shape index (κ1) is 16.1. The van der Waals surface area contributed by atoms with E-state index in [0.717, 1.165) is 16.7 Å². The van der Waals surface area contributed by atoms with E-state index in [2.05, 4.69) is 21.7 Å². The number of hydrogen-bond donors (Lipinski definition) is 0. The maximum absolute atomic E-state index is 12.6. The second kappa shape index (κ2) is 7.10. The van der Waals surface area contributed by atoms with Crippen LogP contribution in [0.15, 0.2) is 54.6 Å². The van der Waals surface area contributed by atoms with Gasteiger partial charge in [0.25, 0.3) is 0 Å². The summed E-state index contributed by atoms with van der Waals surface area (Å²) in [6.45, 7) is 2.01. The molecule has 2 aromatic rings. The minimum absolute atomic E-state index is 0.356. The Morgan fingerprint density at radius 2 is 1.77 bits per heavy atom. The molecule has 2 rings (SSSR count). The summed E-state index contributed by atoms with van der Waals surface area (Å²) in [5.74, 6) is 2.66. The van der Waals surface area contributed by atoms with Crippen molar-refractivity contribution in [3.05, 3.63) is 71.3 Å². The molecule has 3 radical (unpaired) electrons. The summed E-state index contributed by atoms with van der Waals surface area (Å²) in [5, 5.41) is 0. The fourth-order valence-electron chi connectivity index (χ4n) is 2.48. The second-order valence-electron chi connectivity index (χ2n) is 5.18. The molecule has 2 nitrogen and oxygen atoms in total. The Morgan fingerprint density at radius 1 is 1.14 bits per heavy atom. The molecule has 0 aliphatic rings. The molecule has 0 bridgehead atoms. The average Bonchev–Trinajstić information content (AvgIpc) is 2.55. The van der Waals surface area contributed by atoms with E-state index in [9.17, 15) is 4.79 Å². The Morgan fingerprint density at radius 3 is 2.32 bits per heavy atom. The van der Waals surface area contributed by atoms with Crippen molar-refractivity contribution in [3.8, 4) is 11.5 Å². The van der Waals surface area contributed by atoms with E-state index in [1.165, 1.54) is 7.11 Å². The van der Waals surface area contributed by atoms with Crippen molar-refractivity contribution in [3.63, 3.8) is 0 Å². The number of hydrogen-bond acceptors (Lipinski definition) is 2. The van der Waals surface area contributed by atoms with Crippen LogP contribution in [-0.4, -0.2) is 23.3 Å². The predicted octanol–water partition coefficient (Wildman–Crippen LogP) is 2.78. The van der Waals surface area contributed by atoms with Gasteiger partial charge in [0.15, 0.2) is 5.41 Å². The highest BCUT2D eigenvalue weighted by Gasteiger charge is 2.40. The largest absolute Gasteiger partial charge is 0.468 e. The molecule has 109 valence electrons. The zero-order chi connectivity index (χ0) is 16.0. The Bertz CT molecular complexity index is 696. The summed E-state index contributed by atoms with van der Waals surface area (Å²) < 4.78 is 5.06. The van der Waals surface area contributed by atoms with Crippen molar-refractivity contribution in [2.75, 3.05) is 7.11 Å². The van der Waals surface area contributed by atoms with Gasteiger partial charge in [0.2, 0.25) is 0 Å². The summed E-state index contributed by atoms with van der Waals surface area (Å²) in [6, 6.07) is 17.7. The molecule has 0 amide bonds. The SMILES string of the molecule is COC(=O)C(C#C[Si])(Cc1ccccc1)c1ccc(C)cc1. The molecule has 0 saturated heterocycles. The van der Waals surface area contributed by atoms with Crippen molar-refractivity contribution >= 4 is 16.2 Å². The maximum atomic E-state index is 12.6. The highest BCUT2D eigenvalue weighted by atomic mass is 28.1. The lowest BCUT2D eigenvalue weighted by atomic mass is 9.76. The van der Waals surface area contributed by atoms with Gasteiger partial charge in [0, 0.05) is 6.42 Å². The quantitative estimate of drug-likeness (QED) is 0.493. The summed E-state index contributed by atoms with van der Waals surface area (Å²) in [5.41, 5.74) is 4.69. The summed E-state index contributed by atoms with van der Waals surface area (Å²) in [6.07, 6.45) is 0.459. The van der Waals surface area contributed by atoms with E-state index < -0.39 is 5.41 Å². The lowest BCUT2D eigenvalue weighted by Crippen LogP contribution is -2.38. The Hall–Kier alpha value is -2.31. The number of aryl methyl sites for hydroxylation is 1. The van der Waals surface area contributed by atoms with Gasteiger partial charge < -0.3 is 4.74 Å². The number of carbonyl (C=O) groups excluding carboxylic acids is 1. The van der Waals surface area contributed by atoms with Crippen LogP contribution in [0.25, 0.3) is 0 Å². The third-order valence-electron chi connectivity index (χ3n) is 3.67. The first-order valence-corrected chi connectivity index (χ1v) is 7.51. The van der Waals surface area contributed by atoms with Crippen LogP contribution in [-0.2, 0) is 21.4 Å². The van der Waals surface area contributed by atoms with Crippen LogP contribution < -0.4 is 0 Å². The lowest BCUT2D eigenvalue weighted by Gasteiger charge is -2.26. The Labute approximate surface area is 134 Å². The highest BCUT2D eigenvalue weighted by molar-refractivity contribution is 6.22. The number of rotatable bonds is 4. The number of methoxy groups -OCH3 is 1. The van der Waals surface area contributed by atoms with Gasteiger partial charge in [-0.2, -0.15) is 0 Å². The van der Waals surface area contributed by atoms with Crippen molar-refractivity contribution in [1.29, 1.82) is 0 Å². The maximum Gasteiger partial charge on any atom is 0.328 e. The molecule has 3 heteroatoms. The topological polar surface area (TPSA) is 26.3 Å². The normalized spacial score (nSPS) is 12.7. The highest BCUT2D eigenvalue weighted by Crippen LogP contribution is 2.30. The smallest absolute Gasteiger partial charge is 0.328 e. The average molecular weight is 305 g/mol. The minimum atomic E-state index is -1.02. The predicted molar refractivity (Wildman–Crippen MR) is 88.5 cm³/mol. The summed E-state index contributed by atoms with van der Waals surface area (Å²) in [7, 11) is 4.58. The summed E-state index contributed by atoms with van der Waals surface area (Å²) in [4.78, 5) is 12.6. The summed E-state index contributed by atoms with van der Waals surface area (Å²) >= 11 is 0. The third kappa shape index (κ3) is 3.29. The van der Waals surface area contributed by atoms with Crippen LogP contribution in [0.4, 0.5) is 0 Å². The Balaban J connectivity index is 2.57. The number of ether oxygens (including phenoxy) is 1. The van der Waals surface area contributed by atoms with Crippen LogP contribution in [0.5, 0.6) is 0 Å². The standard InChI is InChI=1S/C19H17O2Si/c1-15-8-10-17(11-9-15)19(12-13-22,18(20)21-2)14-16-6-4-3-5-7-16/h3-11H,14H2,1-2H3. The molecular formula is C19H17O2Si. The fraction of sp³-hybridized carbons (Fsp3) is 0.211. The molecule has 0 N–H and O–H groups in total. The number of carbonyl (C=O) groups is 1. The van der Waals surface area contributed by atoms with Crippen LogP contribution in [0, 0.1) is 18.4 Å². The molecule has 0 aromatic heterocycles. The molecule has 0 heterocycles. The molecule has 0 spiro atoms. The second-order valence-corrected chi connectivity index (χ2v) is 5.43. The molecule has 1 atom stereocenters. The van der Waals surface area contributed by atoms with E-state index in [0.29, 0.717) is 6.42 Å². The van der Waals surface area contributed by atoms with E-state index in [-0.39, 0.29) is 5.97 Å². The van der Waals surface area contributed by atoms with Crippen molar-refractivity contribution in [1.82, 2.24) is 0 Å². The molecule has 0 fully saturated rings. The zero-order valence-corrected chi connectivity index (χ0v) is 13.7. The van der Waals surface area contributed by atoms with Crippen molar-refractivity contribution in [2.45, 2.75) is 18.8 Å². The third-order valence-corrected chi connectivity index (χ3v) is 3.79. The lowest BCUT2D eigenvalue weighted by molar-refractivity contribution is -0.145. The molecule has 1 unspecified atom stereocenters. The van der Waals surface area contributed by atoms with Crippen molar-refractivity contribution in [2.24, 2.45) is 0 Å². The van der Waals surface area contributed by atoms with E-state index >= 15 is 0 Å². The zero-order valence-electron chi connectivity index (χ0n) is 12.7. The molecule has 0 saturated carbocycles.